The maximum absolute atomic E-state index is 13.5. The van der Waals surface area contributed by atoms with Crippen LogP contribution in [0.25, 0.3) is 0 Å². The molecule has 0 radical (unpaired) electrons. The summed E-state index contributed by atoms with van der Waals surface area (Å²) in [6.45, 7) is 5.23. The van der Waals surface area contributed by atoms with Crippen LogP contribution in [0.1, 0.15) is 32.8 Å². The van der Waals surface area contributed by atoms with E-state index in [1.807, 2.05) is 44.2 Å². The Kier molecular flexibility index (Phi) is 8.03. The summed E-state index contributed by atoms with van der Waals surface area (Å²) in [5.41, 5.74) is 1.10. The van der Waals surface area contributed by atoms with E-state index in [1.165, 1.54) is 11.0 Å². The van der Waals surface area contributed by atoms with Crippen LogP contribution in [0.5, 0.6) is 11.5 Å². The summed E-state index contributed by atoms with van der Waals surface area (Å²) in [7, 11) is -3.82. The van der Waals surface area contributed by atoms with Gasteiger partial charge < -0.3 is 19.7 Å². The lowest BCUT2D eigenvalue weighted by Crippen LogP contribution is -2.52. The summed E-state index contributed by atoms with van der Waals surface area (Å²) >= 11 is 0. The second-order valence-corrected chi connectivity index (χ2v) is 10.2. The van der Waals surface area contributed by atoms with Gasteiger partial charge in [0.05, 0.1) is 11.9 Å². The van der Waals surface area contributed by atoms with Gasteiger partial charge in [0, 0.05) is 18.7 Å². The zero-order chi connectivity index (χ0) is 24.9. The molecule has 2 unspecified atom stereocenters. The van der Waals surface area contributed by atoms with Gasteiger partial charge in [0.1, 0.15) is 12.6 Å². The molecule has 3 rings (SSSR count). The first-order valence-electron chi connectivity index (χ1n) is 11.1. The van der Waals surface area contributed by atoms with E-state index in [0.717, 1.165) is 22.5 Å². The van der Waals surface area contributed by atoms with Gasteiger partial charge in [0.2, 0.25) is 28.6 Å². The minimum absolute atomic E-state index is 0.0459. The number of rotatable bonds is 10. The summed E-state index contributed by atoms with van der Waals surface area (Å²) < 4.78 is 36.9. The highest BCUT2D eigenvalue weighted by Gasteiger charge is 2.31. The molecule has 0 aromatic heterocycles. The molecular weight excluding hydrogens is 458 g/mol. The van der Waals surface area contributed by atoms with Crippen molar-refractivity contribution in [3.63, 3.8) is 0 Å². The van der Waals surface area contributed by atoms with Crippen molar-refractivity contribution in [3.8, 4) is 11.5 Å². The number of anilines is 1. The van der Waals surface area contributed by atoms with Crippen molar-refractivity contribution in [1.29, 1.82) is 0 Å². The summed E-state index contributed by atoms with van der Waals surface area (Å²) in [4.78, 5) is 27.8. The van der Waals surface area contributed by atoms with Crippen molar-refractivity contribution in [3.05, 3.63) is 54.1 Å². The highest BCUT2D eigenvalue weighted by Crippen LogP contribution is 2.36. The number of carbonyl (C=O) groups excluding carboxylic acids is 2. The van der Waals surface area contributed by atoms with Crippen LogP contribution in [0.3, 0.4) is 0 Å². The van der Waals surface area contributed by atoms with Crippen molar-refractivity contribution >= 4 is 27.5 Å². The Labute approximate surface area is 200 Å². The van der Waals surface area contributed by atoms with Crippen LogP contribution in [0.15, 0.2) is 48.5 Å². The molecule has 0 saturated heterocycles. The first kappa shape index (κ1) is 25.4. The molecule has 2 atom stereocenters. The second kappa shape index (κ2) is 10.8. The quantitative estimate of drug-likeness (QED) is 0.550. The van der Waals surface area contributed by atoms with Crippen LogP contribution < -0.4 is 19.1 Å². The maximum atomic E-state index is 13.5. The molecule has 0 spiro atoms. The molecule has 1 aliphatic rings. The molecule has 0 fully saturated rings. The molecule has 0 saturated carbocycles. The molecular formula is C24H31N3O6S. The lowest BCUT2D eigenvalue weighted by molar-refractivity contribution is -0.139. The van der Waals surface area contributed by atoms with Gasteiger partial charge in [0.25, 0.3) is 0 Å². The van der Waals surface area contributed by atoms with E-state index in [2.05, 4.69) is 5.32 Å². The van der Waals surface area contributed by atoms with Crippen molar-refractivity contribution in [2.75, 3.05) is 23.9 Å². The van der Waals surface area contributed by atoms with E-state index < -0.39 is 28.5 Å². The predicted octanol–water partition coefficient (Wildman–Crippen LogP) is 2.51. The Morgan fingerprint density at radius 2 is 1.74 bits per heavy atom. The Balaban J connectivity index is 1.89. The van der Waals surface area contributed by atoms with Crippen LogP contribution in [0.2, 0.25) is 0 Å². The molecule has 184 valence electrons. The highest BCUT2D eigenvalue weighted by atomic mass is 32.2. The maximum Gasteiger partial charge on any atom is 0.244 e. The fraction of sp³-hybridized carbons (Fsp3) is 0.417. The third-order valence-corrected chi connectivity index (χ3v) is 6.83. The number of nitrogens with zero attached hydrogens (tertiary/aromatic N) is 2. The molecule has 2 aromatic rings. The van der Waals surface area contributed by atoms with Crippen LogP contribution in [-0.2, 0) is 26.2 Å². The number of hydrogen-bond acceptors (Lipinski definition) is 6. The summed E-state index contributed by atoms with van der Waals surface area (Å²) in [6, 6.07) is 13.1. The van der Waals surface area contributed by atoms with E-state index in [4.69, 9.17) is 9.47 Å². The Hall–Kier alpha value is -3.27. The average Bonchev–Trinajstić information content (AvgIpc) is 3.28. The Bertz CT molecular complexity index is 1120. The monoisotopic (exact) mass is 489 g/mol. The van der Waals surface area contributed by atoms with Crippen molar-refractivity contribution in [2.45, 2.75) is 45.8 Å². The van der Waals surface area contributed by atoms with Crippen LogP contribution in [0.4, 0.5) is 5.69 Å². The van der Waals surface area contributed by atoms with Gasteiger partial charge in [-0.2, -0.15) is 0 Å². The zero-order valence-corrected chi connectivity index (χ0v) is 20.7. The highest BCUT2D eigenvalue weighted by molar-refractivity contribution is 7.92. The third-order valence-electron chi connectivity index (χ3n) is 5.69. The molecule has 1 N–H and O–H groups in total. The van der Waals surface area contributed by atoms with Gasteiger partial charge in [-0.05, 0) is 38.0 Å². The lowest BCUT2D eigenvalue weighted by atomic mass is 10.1. The number of ether oxygens (including phenoxy) is 2. The summed E-state index contributed by atoms with van der Waals surface area (Å²) in [6.07, 6.45) is 1.78. The summed E-state index contributed by atoms with van der Waals surface area (Å²) in [5, 5.41) is 2.90. The first-order valence-corrected chi connectivity index (χ1v) is 13.0. The Morgan fingerprint density at radius 3 is 2.38 bits per heavy atom. The van der Waals surface area contributed by atoms with E-state index in [-0.39, 0.29) is 31.0 Å². The van der Waals surface area contributed by atoms with Crippen molar-refractivity contribution in [2.24, 2.45) is 0 Å². The smallest absolute Gasteiger partial charge is 0.244 e. The molecule has 10 heteroatoms. The molecule has 2 aromatic carbocycles. The molecule has 0 bridgehead atoms. The average molecular weight is 490 g/mol. The molecule has 1 heterocycles. The molecule has 34 heavy (non-hydrogen) atoms. The number of sulfonamides is 1. The minimum atomic E-state index is -3.82. The number of carbonyl (C=O) groups is 2. The van der Waals surface area contributed by atoms with Gasteiger partial charge in [0.15, 0.2) is 11.5 Å². The minimum Gasteiger partial charge on any atom is -0.454 e. The molecule has 9 nitrogen and oxygen atoms in total. The van der Waals surface area contributed by atoms with Gasteiger partial charge in [-0.3, -0.25) is 13.9 Å². The van der Waals surface area contributed by atoms with Crippen LogP contribution >= 0.6 is 0 Å². The topological polar surface area (TPSA) is 105 Å². The number of benzene rings is 2. The fourth-order valence-electron chi connectivity index (χ4n) is 3.48. The lowest BCUT2D eigenvalue weighted by Gasteiger charge is -2.32. The number of fused-ring (bicyclic) bond motifs is 1. The van der Waals surface area contributed by atoms with Gasteiger partial charge >= 0.3 is 0 Å². The third kappa shape index (κ3) is 6.19. The van der Waals surface area contributed by atoms with Gasteiger partial charge in [-0.15, -0.1) is 0 Å². The SMILES string of the molecule is CCC(C)NC(=O)C(C)N(Cc1ccccc1)C(=O)CN(c1ccc2c(c1)OCO2)S(C)(=O)=O. The van der Waals surface area contributed by atoms with E-state index in [9.17, 15) is 18.0 Å². The number of amides is 2. The van der Waals surface area contributed by atoms with Gasteiger partial charge in [-0.25, -0.2) is 8.42 Å². The normalized spacial score (nSPS) is 14.2. The first-order chi connectivity index (χ1) is 16.1. The summed E-state index contributed by atoms with van der Waals surface area (Å²) in [5.74, 6) is 0.108. The fourth-order valence-corrected chi connectivity index (χ4v) is 4.32. The van der Waals surface area contributed by atoms with Gasteiger partial charge in [-0.1, -0.05) is 37.3 Å². The van der Waals surface area contributed by atoms with Crippen molar-refractivity contribution in [1.82, 2.24) is 10.2 Å². The largest absolute Gasteiger partial charge is 0.454 e. The van der Waals surface area contributed by atoms with E-state index >= 15 is 0 Å². The van der Waals surface area contributed by atoms with Crippen molar-refractivity contribution < 1.29 is 27.5 Å². The number of hydrogen-bond donors (Lipinski definition) is 1. The molecule has 1 aliphatic heterocycles. The Morgan fingerprint density at radius 1 is 1.06 bits per heavy atom. The standard InChI is InChI=1S/C24H31N3O6S/c1-5-17(2)25-24(29)18(3)26(14-19-9-7-6-8-10-19)23(28)15-27(34(4,30)31)20-11-12-21-22(13-20)33-16-32-21/h6-13,17-18H,5,14-16H2,1-4H3,(H,25,29). The molecule has 0 aliphatic carbocycles. The van der Waals surface area contributed by atoms with Crippen LogP contribution in [-0.4, -0.2) is 56.8 Å². The van der Waals surface area contributed by atoms with E-state index in [0.29, 0.717) is 11.5 Å². The van der Waals surface area contributed by atoms with E-state index in [1.54, 1.807) is 19.1 Å². The predicted molar refractivity (Wildman–Crippen MR) is 129 cm³/mol. The number of nitrogens with one attached hydrogen (secondary N) is 1. The zero-order valence-electron chi connectivity index (χ0n) is 19.9. The van der Waals surface area contributed by atoms with Crippen LogP contribution in [0, 0.1) is 0 Å². The second-order valence-electron chi connectivity index (χ2n) is 8.31. The molecule has 2 amide bonds.